The summed E-state index contributed by atoms with van der Waals surface area (Å²) in [7, 11) is 0. The summed E-state index contributed by atoms with van der Waals surface area (Å²) in [6.45, 7) is 6.59. The van der Waals surface area contributed by atoms with Crippen LogP contribution in [0.1, 0.15) is 45.6 Å². The van der Waals surface area contributed by atoms with E-state index in [1.54, 1.807) is 0 Å². The Kier molecular flexibility index (Phi) is 4.25. The molecule has 1 aliphatic rings. The minimum absolute atomic E-state index is 0.214. The number of hydrogen-bond donors (Lipinski definition) is 1. The zero-order chi connectivity index (χ0) is 15.7. The Morgan fingerprint density at radius 2 is 2.05 bits per heavy atom. The topological polar surface area (TPSA) is 37.3 Å². The van der Waals surface area contributed by atoms with Crippen LogP contribution in [0.2, 0.25) is 0 Å². The minimum Gasteiger partial charge on any atom is -0.261 e. The smallest absolute Gasteiger partial charge is 0.261 e. The number of aromatic nitrogens is 1. The lowest BCUT2D eigenvalue weighted by Gasteiger charge is -2.34. The summed E-state index contributed by atoms with van der Waals surface area (Å²) in [5.41, 5.74) is 3.26. The first-order valence-corrected chi connectivity index (χ1v) is 7.00. The number of nitrogens with one attached hydrogen (secondary N) is 1. The fourth-order valence-electron chi connectivity index (χ4n) is 2.96. The Balaban J connectivity index is 2.03. The molecule has 1 aliphatic carbocycles. The average molecular weight is 299 g/mol. The molecule has 1 fully saturated rings. The van der Waals surface area contributed by atoms with Gasteiger partial charge in [-0.3, -0.25) is 5.43 Å². The molecule has 3 nitrogen and oxygen atoms in total. The van der Waals surface area contributed by atoms with Crippen molar-refractivity contribution in [2.45, 2.75) is 46.2 Å². The molecule has 0 amide bonds. The third kappa shape index (κ3) is 4.44. The van der Waals surface area contributed by atoms with Crippen molar-refractivity contribution in [3.8, 4) is 0 Å². The molecule has 1 aromatic heterocycles. The fourth-order valence-corrected chi connectivity index (χ4v) is 2.96. The lowest BCUT2D eigenvalue weighted by Crippen LogP contribution is -2.28. The minimum atomic E-state index is -4.36. The van der Waals surface area contributed by atoms with E-state index in [0.717, 1.165) is 37.2 Å². The summed E-state index contributed by atoms with van der Waals surface area (Å²) >= 11 is 0. The highest BCUT2D eigenvalue weighted by Crippen LogP contribution is 2.37. The van der Waals surface area contributed by atoms with Crippen LogP contribution < -0.4 is 5.43 Å². The van der Waals surface area contributed by atoms with Crippen LogP contribution in [0.15, 0.2) is 23.4 Å². The molecule has 0 unspecified atom stereocenters. The SMILES string of the molecule is C[C@@H]1CC(=NNc2ccc(C(F)(F)F)cn2)CC(C)(C)C1. The lowest BCUT2D eigenvalue weighted by molar-refractivity contribution is -0.137. The van der Waals surface area contributed by atoms with Crippen molar-refractivity contribution in [1.29, 1.82) is 0 Å². The largest absolute Gasteiger partial charge is 0.417 e. The number of rotatable bonds is 2. The highest BCUT2D eigenvalue weighted by Gasteiger charge is 2.31. The van der Waals surface area contributed by atoms with E-state index in [2.05, 4.69) is 36.3 Å². The van der Waals surface area contributed by atoms with Crippen LogP contribution >= 0.6 is 0 Å². The zero-order valence-electron chi connectivity index (χ0n) is 12.5. The van der Waals surface area contributed by atoms with Gasteiger partial charge in [-0.1, -0.05) is 20.8 Å². The van der Waals surface area contributed by atoms with Crippen molar-refractivity contribution in [1.82, 2.24) is 4.98 Å². The molecule has 0 aliphatic heterocycles. The molecule has 6 heteroatoms. The molecule has 0 spiro atoms. The van der Waals surface area contributed by atoms with Crippen LogP contribution in [0.3, 0.4) is 0 Å². The van der Waals surface area contributed by atoms with E-state index in [0.29, 0.717) is 11.7 Å². The average Bonchev–Trinajstić information content (AvgIpc) is 2.33. The number of hydrogen-bond acceptors (Lipinski definition) is 3. The Hall–Kier alpha value is -1.59. The second-order valence-electron chi connectivity index (χ2n) is 6.57. The summed E-state index contributed by atoms with van der Waals surface area (Å²) in [5.74, 6) is 0.890. The normalized spacial score (nSPS) is 24.1. The van der Waals surface area contributed by atoms with E-state index in [1.165, 1.54) is 6.07 Å². The molecular formula is C15H20F3N3. The maximum atomic E-state index is 12.4. The maximum absolute atomic E-state index is 12.4. The standard InChI is InChI=1S/C15H20F3N3/c1-10-6-12(8-14(2,3)7-10)20-21-13-5-4-11(9-19-13)15(16,17)18/h4-5,9-10H,6-8H2,1-3H3,(H,19,21)/t10-/m1/s1. The van der Waals surface area contributed by atoms with Gasteiger partial charge in [0.1, 0.15) is 5.82 Å². The molecule has 1 atom stereocenters. The van der Waals surface area contributed by atoms with Gasteiger partial charge in [-0.05, 0) is 42.7 Å². The first kappa shape index (κ1) is 15.8. The predicted octanol–water partition coefficient (Wildman–Crippen LogP) is 4.71. The van der Waals surface area contributed by atoms with Crippen LogP contribution in [-0.4, -0.2) is 10.7 Å². The van der Waals surface area contributed by atoms with Gasteiger partial charge in [-0.2, -0.15) is 18.3 Å². The van der Waals surface area contributed by atoms with Crippen LogP contribution in [-0.2, 0) is 6.18 Å². The van der Waals surface area contributed by atoms with Gasteiger partial charge in [-0.25, -0.2) is 4.98 Å². The summed E-state index contributed by atoms with van der Waals surface area (Å²) in [6, 6.07) is 2.30. The van der Waals surface area contributed by atoms with Gasteiger partial charge in [0, 0.05) is 11.9 Å². The summed E-state index contributed by atoms with van der Waals surface area (Å²) < 4.78 is 37.3. The molecule has 2 rings (SSSR count). The number of pyridine rings is 1. The van der Waals surface area contributed by atoms with Gasteiger partial charge in [-0.15, -0.1) is 0 Å². The van der Waals surface area contributed by atoms with Crippen LogP contribution in [0, 0.1) is 11.3 Å². The Morgan fingerprint density at radius 1 is 1.33 bits per heavy atom. The van der Waals surface area contributed by atoms with Gasteiger partial charge >= 0.3 is 6.18 Å². The van der Waals surface area contributed by atoms with Crippen molar-refractivity contribution < 1.29 is 13.2 Å². The van der Waals surface area contributed by atoms with Gasteiger partial charge in [0.25, 0.3) is 0 Å². The summed E-state index contributed by atoms with van der Waals surface area (Å²) in [5, 5.41) is 4.31. The predicted molar refractivity (Wildman–Crippen MR) is 77.1 cm³/mol. The van der Waals surface area contributed by atoms with E-state index >= 15 is 0 Å². The highest BCUT2D eigenvalue weighted by molar-refractivity contribution is 5.86. The molecule has 1 aromatic rings. The molecule has 1 saturated carbocycles. The van der Waals surface area contributed by atoms with E-state index in [1.807, 2.05) is 0 Å². The molecule has 0 radical (unpaired) electrons. The Labute approximate surface area is 122 Å². The molecule has 1 N–H and O–H groups in total. The van der Waals surface area contributed by atoms with Crippen molar-refractivity contribution in [2.75, 3.05) is 5.43 Å². The van der Waals surface area contributed by atoms with Gasteiger partial charge < -0.3 is 0 Å². The van der Waals surface area contributed by atoms with E-state index in [4.69, 9.17) is 0 Å². The molecule has 21 heavy (non-hydrogen) atoms. The lowest BCUT2D eigenvalue weighted by atomic mass is 9.72. The Bertz CT molecular complexity index is 518. The van der Waals surface area contributed by atoms with E-state index in [-0.39, 0.29) is 5.41 Å². The second kappa shape index (κ2) is 5.66. The molecule has 0 bridgehead atoms. The van der Waals surface area contributed by atoms with E-state index < -0.39 is 11.7 Å². The molecule has 0 saturated heterocycles. The fraction of sp³-hybridized carbons (Fsp3) is 0.600. The van der Waals surface area contributed by atoms with Crippen LogP contribution in [0.25, 0.3) is 0 Å². The summed E-state index contributed by atoms with van der Waals surface area (Å²) in [4.78, 5) is 3.75. The molecule has 116 valence electrons. The molecule has 0 aromatic carbocycles. The van der Waals surface area contributed by atoms with Crippen molar-refractivity contribution in [3.63, 3.8) is 0 Å². The third-order valence-electron chi connectivity index (χ3n) is 3.59. The van der Waals surface area contributed by atoms with Gasteiger partial charge in [0.05, 0.1) is 5.56 Å². The zero-order valence-corrected chi connectivity index (χ0v) is 12.5. The third-order valence-corrected chi connectivity index (χ3v) is 3.59. The second-order valence-corrected chi connectivity index (χ2v) is 6.57. The van der Waals surface area contributed by atoms with Crippen molar-refractivity contribution >= 4 is 11.5 Å². The first-order chi connectivity index (χ1) is 9.66. The van der Waals surface area contributed by atoms with Crippen LogP contribution in [0.5, 0.6) is 0 Å². The van der Waals surface area contributed by atoms with Crippen molar-refractivity contribution in [2.24, 2.45) is 16.4 Å². The Morgan fingerprint density at radius 3 is 2.57 bits per heavy atom. The highest BCUT2D eigenvalue weighted by atomic mass is 19.4. The number of anilines is 1. The quantitative estimate of drug-likeness (QED) is 0.803. The number of nitrogens with zero attached hydrogens (tertiary/aromatic N) is 2. The monoisotopic (exact) mass is 299 g/mol. The van der Waals surface area contributed by atoms with Gasteiger partial charge in [0.15, 0.2) is 0 Å². The van der Waals surface area contributed by atoms with Crippen LogP contribution in [0.4, 0.5) is 19.0 Å². The number of halogens is 3. The number of hydrazone groups is 1. The maximum Gasteiger partial charge on any atom is 0.417 e. The van der Waals surface area contributed by atoms with Crippen molar-refractivity contribution in [3.05, 3.63) is 23.9 Å². The first-order valence-electron chi connectivity index (χ1n) is 7.00. The molecule has 1 heterocycles. The number of alkyl halides is 3. The molecular weight excluding hydrogens is 279 g/mol. The summed E-state index contributed by atoms with van der Waals surface area (Å²) in [6.07, 6.45) is -0.581. The van der Waals surface area contributed by atoms with Gasteiger partial charge in [0.2, 0.25) is 0 Å². The van der Waals surface area contributed by atoms with E-state index in [9.17, 15) is 13.2 Å².